The zero-order valence-corrected chi connectivity index (χ0v) is 9.89. The summed E-state index contributed by atoms with van der Waals surface area (Å²) in [5.74, 6) is -0.193. The minimum atomic E-state index is -0.935. The Hall–Kier alpha value is -2.36. The fourth-order valence-corrected chi connectivity index (χ4v) is 1.74. The summed E-state index contributed by atoms with van der Waals surface area (Å²) in [6.07, 6.45) is 2.69. The molecule has 0 saturated heterocycles. The fourth-order valence-electron chi connectivity index (χ4n) is 1.74. The molecule has 1 heterocycles. The Morgan fingerprint density at radius 3 is 2.94 bits per heavy atom. The predicted octanol–water partition coefficient (Wildman–Crippen LogP) is 2.92. The second kappa shape index (κ2) is 5.31. The van der Waals surface area contributed by atoms with Gasteiger partial charge in [0.05, 0.1) is 11.1 Å². The third-order valence-electron chi connectivity index (χ3n) is 2.62. The Balaban J connectivity index is 2.34. The number of fused-ring (bicyclic) bond motifs is 1. The third kappa shape index (κ3) is 2.48. The molecule has 0 radical (unpaired) electrons. The van der Waals surface area contributed by atoms with Gasteiger partial charge in [-0.25, -0.2) is 9.78 Å². The van der Waals surface area contributed by atoms with Crippen molar-refractivity contribution < 1.29 is 9.90 Å². The molecule has 0 atom stereocenters. The Labute approximate surface area is 105 Å². The maximum atomic E-state index is 11.1. The first kappa shape index (κ1) is 12.1. The van der Waals surface area contributed by atoms with Gasteiger partial charge in [0.2, 0.25) is 0 Å². The van der Waals surface area contributed by atoms with Crippen molar-refractivity contribution >= 4 is 22.7 Å². The highest BCUT2D eigenvalue weighted by molar-refractivity contribution is 6.02. The zero-order chi connectivity index (χ0) is 13.0. The maximum absolute atomic E-state index is 11.1. The van der Waals surface area contributed by atoms with Gasteiger partial charge in [-0.1, -0.05) is 12.1 Å². The first-order valence-electron chi connectivity index (χ1n) is 5.70. The molecule has 0 aliphatic heterocycles. The number of hydrogen-bond donors (Lipinski definition) is 2. The zero-order valence-electron chi connectivity index (χ0n) is 9.89. The highest BCUT2D eigenvalue weighted by atomic mass is 16.4. The van der Waals surface area contributed by atoms with Crippen molar-refractivity contribution in [1.29, 1.82) is 0 Å². The molecule has 2 rings (SSSR count). The molecule has 2 N–H and O–H groups in total. The van der Waals surface area contributed by atoms with Crippen LogP contribution in [0.1, 0.15) is 16.8 Å². The van der Waals surface area contributed by atoms with Crippen LogP contribution in [-0.4, -0.2) is 22.6 Å². The van der Waals surface area contributed by atoms with E-state index in [1.807, 2.05) is 6.08 Å². The summed E-state index contributed by atoms with van der Waals surface area (Å²) in [7, 11) is 0. The molecule has 0 aliphatic rings. The smallest absolute Gasteiger partial charge is 0.336 e. The molecule has 2 aromatic rings. The number of benzene rings is 1. The van der Waals surface area contributed by atoms with Gasteiger partial charge in [0.25, 0.3) is 0 Å². The highest BCUT2D eigenvalue weighted by Crippen LogP contribution is 2.19. The number of hydrogen-bond acceptors (Lipinski definition) is 3. The normalized spacial score (nSPS) is 10.2. The van der Waals surface area contributed by atoms with Crippen molar-refractivity contribution in [2.24, 2.45) is 0 Å². The van der Waals surface area contributed by atoms with Crippen LogP contribution in [0.2, 0.25) is 0 Å². The van der Waals surface area contributed by atoms with Crippen molar-refractivity contribution in [2.75, 3.05) is 11.9 Å². The molecular formula is C14H14N2O2. The fraction of sp³-hybridized carbons (Fsp3) is 0.143. The molecule has 0 spiro atoms. The SMILES string of the molecule is C=CCCNc1ccc2c(C(=O)O)cccc2n1. The van der Waals surface area contributed by atoms with E-state index < -0.39 is 5.97 Å². The molecular weight excluding hydrogens is 228 g/mol. The number of pyridine rings is 1. The van der Waals surface area contributed by atoms with Crippen LogP contribution in [-0.2, 0) is 0 Å². The average molecular weight is 242 g/mol. The van der Waals surface area contributed by atoms with E-state index in [0.717, 1.165) is 18.8 Å². The third-order valence-corrected chi connectivity index (χ3v) is 2.62. The molecule has 4 heteroatoms. The monoisotopic (exact) mass is 242 g/mol. The molecule has 0 unspecified atom stereocenters. The molecule has 0 amide bonds. The number of aromatic nitrogens is 1. The molecule has 0 saturated carbocycles. The minimum absolute atomic E-state index is 0.276. The van der Waals surface area contributed by atoms with Crippen LogP contribution >= 0.6 is 0 Å². The van der Waals surface area contributed by atoms with Crippen molar-refractivity contribution in [3.8, 4) is 0 Å². The highest BCUT2D eigenvalue weighted by Gasteiger charge is 2.08. The minimum Gasteiger partial charge on any atom is -0.478 e. The van der Waals surface area contributed by atoms with Crippen molar-refractivity contribution in [1.82, 2.24) is 4.98 Å². The van der Waals surface area contributed by atoms with Gasteiger partial charge in [-0.15, -0.1) is 6.58 Å². The largest absolute Gasteiger partial charge is 0.478 e. The van der Waals surface area contributed by atoms with Gasteiger partial charge in [-0.05, 0) is 30.7 Å². The molecule has 1 aromatic heterocycles. The van der Waals surface area contributed by atoms with E-state index in [1.165, 1.54) is 0 Å². The van der Waals surface area contributed by atoms with Crippen LogP contribution in [0.5, 0.6) is 0 Å². The first-order valence-corrected chi connectivity index (χ1v) is 5.70. The van der Waals surface area contributed by atoms with Gasteiger partial charge in [0.1, 0.15) is 5.82 Å². The average Bonchev–Trinajstić information content (AvgIpc) is 2.38. The Kier molecular flexibility index (Phi) is 3.57. The molecule has 92 valence electrons. The van der Waals surface area contributed by atoms with Crippen LogP contribution in [0.3, 0.4) is 0 Å². The maximum Gasteiger partial charge on any atom is 0.336 e. The van der Waals surface area contributed by atoms with E-state index in [0.29, 0.717) is 10.9 Å². The number of anilines is 1. The predicted molar refractivity (Wildman–Crippen MR) is 72.0 cm³/mol. The molecule has 1 aromatic carbocycles. The topological polar surface area (TPSA) is 62.2 Å². The van der Waals surface area contributed by atoms with Gasteiger partial charge in [-0.3, -0.25) is 0 Å². The molecule has 0 aliphatic carbocycles. The number of carbonyl (C=O) groups is 1. The van der Waals surface area contributed by atoms with Crippen LogP contribution < -0.4 is 5.32 Å². The molecule has 4 nitrogen and oxygen atoms in total. The summed E-state index contributed by atoms with van der Waals surface area (Å²) < 4.78 is 0. The van der Waals surface area contributed by atoms with Crippen LogP contribution in [0.15, 0.2) is 43.0 Å². The van der Waals surface area contributed by atoms with Gasteiger partial charge in [-0.2, -0.15) is 0 Å². The summed E-state index contributed by atoms with van der Waals surface area (Å²) in [4.78, 5) is 15.4. The Bertz CT molecular complexity index is 593. The second-order valence-electron chi connectivity index (χ2n) is 3.88. The van der Waals surface area contributed by atoms with Crippen molar-refractivity contribution in [3.05, 3.63) is 48.6 Å². The van der Waals surface area contributed by atoms with E-state index in [1.54, 1.807) is 30.3 Å². The van der Waals surface area contributed by atoms with Gasteiger partial charge >= 0.3 is 5.97 Å². The summed E-state index contributed by atoms with van der Waals surface area (Å²) in [5.41, 5.74) is 0.955. The molecule has 0 bridgehead atoms. The van der Waals surface area contributed by atoms with Crippen LogP contribution in [0, 0.1) is 0 Å². The summed E-state index contributed by atoms with van der Waals surface area (Å²) in [6, 6.07) is 8.66. The Morgan fingerprint density at radius 1 is 1.39 bits per heavy atom. The number of nitrogens with one attached hydrogen (secondary N) is 1. The molecule has 18 heavy (non-hydrogen) atoms. The van der Waals surface area contributed by atoms with E-state index in [4.69, 9.17) is 5.11 Å². The lowest BCUT2D eigenvalue weighted by Gasteiger charge is -2.06. The van der Waals surface area contributed by atoms with E-state index in [2.05, 4.69) is 16.9 Å². The quantitative estimate of drug-likeness (QED) is 0.625. The summed E-state index contributed by atoms with van der Waals surface area (Å²) in [5, 5.41) is 12.9. The van der Waals surface area contributed by atoms with Crippen LogP contribution in [0.4, 0.5) is 5.82 Å². The van der Waals surface area contributed by atoms with Gasteiger partial charge in [0.15, 0.2) is 0 Å². The van der Waals surface area contributed by atoms with Crippen LogP contribution in [0.25, 0.3) is 10.9 Å². The standard InChI is InChI=1S/C14H14N2O2/c1-2-3-9-15-13-8-7-10-11(14(17)18)5-4-6-12(10)16-13/h2,4-8H,1,3,9H2,(H,15,16)(H,17,18). The van der Waals surface area contributed by atoms with E-state index in [9.17, 15) is 4.79 Å². The molecule has 0 fully saturated rings. The van der Waals surface area contributed by atoms with Crippen molar-refractivity contribution in [2.45, 2.75) is 6.42 Å². The summed E-state index contributed by atoms with van der Waals surface area (Å²) >= 11 is 0. The number of rotatable bonds is 5. The van der Waals surface area contributed by atoms with E-state index >= 15 is 0 Å². The lowest BCUT2D eigenvalue weighted by molar-refractivity contribution is 0.0699. The van der Waals surface area contributed by atoms with Gasteiger partial charge < -0.3 is 10.4 Å². The first-order chi connectivity index (χ1) is 8.72. The number of carboxylic acid groups (broad SMARTS) is 1. The Morgan fingerprint density at radius 2 is 2.22 bits per heavy atom. The number of carboxylic acids is 1. The van der Waals surface area contributed by atoms with E-state index in [-0.39, 0.29) is 5.56 Å². The lowest BCUT2D eigenvalue weighted by atomic mass is 10.1. The number of nitrogens with zero attached hydrogens (tertiary/aromatic N) is 1. The lowest BCUT2D eigenvalue weighted by Crippen LogP contribution is -2.03. The second-order valence-corrected chi connectivity index (χ2v) is 3.88. The van der Waals surface area contributed by atoms with Crippen molar-refractivity contribution in [3.63, 3.8) is 0 Å². The number of aromatic carboxylic acids is 1. The summed E-state index contributed by atoms with van der Waals surface area (Å²) in [6.45, 7) is 4.41. The van der Waals surface area contributed by atoms with Gasteiger partial charge in [0, 0.05) is 11.9 Å².